The molecule has 1 saturated carbocycles. The fourth-order valence-corrected chi connectivity index (χ4v) is 3.71. The Morgan fingerprint density at radius 1 is 1.21 bits per heavy atom. The zero-order valence-corrected chi connectivity index (χ0v) is 17.0. The molecule has 2 aliphatic rings. The van der Waals surface area contributed by atoms with E-state index in [-0.39, 0.29) is 11.8 Å². The van der Waals surface area contributed by atoms with Crippen LogP contribution in [0.4, 0.5) is 5.69 Å². The Balaban J connectivity index is 1.51. The summed E-state index contributed by atoms with van der Waals surface area (Å²) in [4.78, 5) is 24.8. The number of hydrazone groups is 1. The molecule has 1 fully saturated rings. The second-order valence-corrected chi connectivity index (χ2v) is 7.78. The highest BCUT2D eigenvalue weighted by Gasteiger charge is 2.26. The van der Waals surface area contributed by atoms with Gasteiger partial charge in [0.15, 0.2) is 0 Å². The minimum atomic E-state index is -0.194. The summed E-state index contributed by atoms with van der Waals surface area (Å²) >= 11 is 0. The van der Waals surface area contributed by atoms with Gasteiger partial charge in [0.25, 0.3) is 5.91 Å². The fourth-order valence-electron chi connectivity index (χ4n) is 3.71. The van der Waals surface area contributed by atoms with E-state index in [1.807, 2.05) is 32.0 Å². The molecule has 1 aromatic rings. The van der Waals surface area contributed by atoms with Gasteiger partial charge in [0.1, 0.15) is 5.71 Å². The molecule has 6 heteroatoms. The number of nitrogens with one attached hydrogen (secondary N) is 1. The van der Waals surface area contributed by atoms with E-state index in [0.717, 1.165) is 36.1 Å². The lowest BCUT2D eigenvalue weighted by Gasteiger charge is -2.25. The van der Waals surface area contributed by atoms with Crippen molar-refractivity contribution in [3.63, 3.8) is 0 Å². The van der Waals surface area contributed by atoms with Crippen LogP contribution in [-0.4, -0.2) is 36.8 Å². The standard InChI is InChI=1S/C22H31N3O3/c1-16-9-10-17(2)20(15-16)25-21(26)12-11-19(24-25)22(27)23-13-6-14-28-18-7-4-3-5-8-18/h9-10,15,18H,3-8,11-14H2,1-2H3,(H,23,27). The maximum absolute atomic E-state index is 12.5. The topological polar surface area (TPSA) is 71.0 Å². The van der Waals surface area contributed by atoms with Crippen LogP contribution in [0.2, 0.25) is 0 Å². The summed E-state index contributed by atoms with van der Waals surface area (Å²) in [6.07, 6.45) is 8.01. The molecule has 3 rings (SSSR count). The molecule has 0 bridgehead atoms. The zero-order valence-electron chi connectivity index (χ0n) is 17.0. The highest BCUT2D eigenvalue weighted by Crippen LogP contribution is 2.25. The second-order valence-electron chi connectivity index (χ2n) is 7.78. The molecular weight excluding hydrogens is 354 g/mol. The smallest absolute Gasteiger partial charge is 0.267 e. The molecule has 6 nitrogen and oxygen atoms in total. The maximum atomic E-state index is 12.5. The number of aryl methyl sites for hydroxylation is 2. The Morgan fingerprint density at radius 2 is 2.00 bits per heavy atom. The van der Waals surface area contributed by atoms with Gasteiger partial charge in [-0.15, -0.1) is 0 Å². The molecule has 1 N–H and O–H groups in total. The van der Waals surface area contributed by atoms with Crippen LogP contribution in [0.3, 0.4) is 0 Å². The van der Waals surface area contributed by atoms with Gasteiger partial charge < -0.3 is 10.1 Å². The predicted molar refractivity (Wildman–Crippen MR) is 111 cm³/mol. The lowest BCUT2D eigenvalue weighted by molar-refractivity contribution is -0.119. The van der Waals surface area contributed by atoms with E-state index < -0.39 is 0 Å². The van der Waals surface area contributed by atoms with E-state index >= 15 is 0 Å². The Labute approximate surface area is 167 Å². The van der Waals surface area contributed by atoms with Crippen LogP contribution in [0.5, 0.6) is 0 Å². The molecule has 1 heterocycles. The van der Waals surface area contributed by atoms with Crippen LogP contribution >= 0.6 is 0 Å². The normalized spacial score (nSPS) is 18.1. The number of amides is 2. The number of carbonyl (C=O) groups is 2. The molecule has 1 aromatic carbocycles. The van der Waals surface area contributed by atoms with Gasteiger partial charge in [0.05, 0.1) is 11.8 Å². The van der Waals surface area contributed by atoms with Crippen LogP contribution in [0, 0.1) is 13.8 Å². The van der Waals surface area contributed by atoms with Crippen molar-refractivity contribution < 1.29 is 14.3 Å². The highest BCUT2D eigenvalue weighted by molar-refractivity contribution is 6.40. The third kappa shape index (κ3) is 5.41. The van der Waals surface area contributed by atoms with Crippen molar-refractivity contribution in [3.8, 4) is 0 Å². The SMILES string of the molecule is Cc1ccc(C)c(N2N=C(C(=O)NCCCOC3CCCCC3)CCC2=O)c1. The molecule has 1 aliphatic heterocycles. The molecule has 2 amide bonds. The number of hydrogen-bond donors (Lipinski definition) is 1. The number of carbonyl (C=O) groups excluding carboxylic acids is 2. The van der Waals surface area contributed by atoms with Crippen LogP contribution in [-0.2, 0) is 14.3 Å². The third-order valence-electron chi connectivity index (χ3n) is 5.40. The van der Waals surface area contributed by atoms with Gasteiger partial charge in [-0.05, 0) is 50.3 Å². The van der Waals surface area contributed by atoms with E-state index in [2.05, 4.69) is 10.4 Å². The van der Waals surface area contributed by atoms with E-state index in [9.17, 15) is 9.59 Å². The number of rotatable bonds is 7. The van der Waals surface area contributed by atoms with Gasteiger partial charge in [-0.2, -0.15) is 5.10 Å². The fraction of sp³-hybridized carbons (Fsp3) is 0.591. The molecule has 152 valence electrons. The first-order chi connectivity index (χ1) is 13.5. The van der Waals surface area contributed by atoms with Crippen molar-refractivity contribution >= 4 is 23.2 Å². The largest absolute Gasteiger partial charge is 0.378 e. The minimum Gasteiger partial charge on any atom is -0.378 e. The number of anilines is 1. The van der Waals surface area contributed by atoms with Crippen LogP contribution in [0.15, 0.2) is 23.3 Å². The first-order valence-corrected chi connectivity index (χ1v) is 10.4. The summed E-state index contributed by atoms with van der Waals surface area (Å²) in [5.74, 6) is -0.272. The third-order valence-corrected chi connectivity index (χ3v) is 5.40. The number of benzene rings is 1. The number of hydrogen-bond acceptors (Lipinski definition) is 4. The van der Waals surface area contributed by atoms with Crippen molar-refractivity contribution in [2.45, 2.75) is 71.3 Å². The van der Waals surface area contributed by atoms with Crippen molar-refractivity contribution in [2.75, 3.05) is 18.2 Å². The average Bonchev–Trinajstić information content (AvgIpc) is 2.70. The van der Waals surface area contributed by atoms with Crippen molar-refractivity contribution in [3.05, 3.63) is 29.3 Å². The summed E-state index contributed by atoms with van der Waals surface area (Å²) in [6.45, 7) is 5.15. The van der Waals surface area contributed by atoms with Gasteiger partial charge in [0, 0.05) is 26.0 Å². The number of ether oxygens (including phenoxy) is 1. The molecule has 1 aliphatic carbocycles. The summed E-state index contributed by atoms with van der Waals surface area (Å²) in [6, 6.07) is 5.90. The Kier molecular flexibility index (Phi) is 7.20. The summed E-state index contributed by atoms with van der Waals surface area (Å²) < 4.78 is 5.89. The molecule has 28 heavy (non-hydrogen) atoms. The van der Waals surface area contributed by atoms with Crippen molar-refractivity contribution in [2.24, 2.45) is 5.10 Å². The van der Waals surface area contributed by atoms with Gasteiger partial charge in [-0.25, -0.2) is 5.01 Å². The first kappa shape index (κ1) is 20.5. The highest BCUT2D eigenvalue weighted by atomic mass is 16.5. The Bertz CT molecular complexity index is 739. The van der Waals surface area contributed by atoms with Crippen molar-refractivity contribution in [1.82, 2.24) is 5.32 Å². The Hall–Kier alpha value is -2.21. The van der Waals surface area contributed by atoms with Gasteiger partial charge in [0.2, 0.25) is 5.91 Å². The lowest BCUT2D eigenvalue weighted by Crippen LogP contribution is -2.39. The predicted octanol–water partition coefficient (Wildman–Crippen LogP) is 3.64. The van der Waals surface area contributed by atoms with Crippen LogP contribution in [0.1, 0.15) is 62.5 Å². The monoisotopic (exact) mass is 385 g/mol. The summed E-state index contributed by atoms with van der Waals surface area (Å²) in [7, 11) is 0. The molecule has 0 atom stereocenters. The maximum Gasteiger partial charge on any atom is 0.267 e. The van der Waals surface area contributed by atoms with Crippen LogP contribution < -0.4 is 10.3 Å². The van der Waals surface area contributed by atoms with Gasteiger partial charge in [-0.3, -0.25) is 9.59 Å². The van der Waals surface area contributed by atoms with E-state index in [0.29, 0.717) is 37.8 Å². The van der Waals surface area contributed by atoms with E-state index in [4.69, 9.17) is 4.74 Å². The summed E-state index contributed by atoms with van der Waals surface area (Å²) in [5.41, 5.74) is 3.17. The van der Waals surface area contributed by atoms with Crippen molar-refractivity contribution in [1.29, 1.82) is 0 Å². The second kappa shape index (κ2) is 9.82. The molecular formula is C22H31N3O3. The van der Waals surface area contributed by atoms with Gasteiger partial charge in [-0.1, -0.05) is 31.4 Å². The first-order valence-electron chi connectivity index (χ1n) is 10.4. The van der Waals surface area contributed by atoms with Crippen LogP contribution in [0.25, 0.3) is 0 Å². The molecule has 0 saturated heterocycles. The Morgan fingerprint density at radius 3 is 2.79 bits per heavy atom. The number of nitrogens with zero attached hydrogens (tertiary/aromatic N) is 2. The minimum absolute atomic E-state index is 0.0777. The van der Waals surface area contributed by atoms with E-state index in [1.54, 1.807) is 0 Å². The zero-order chi connectivity index (χ0) is 19.9. The van der Waals surface area contributed by atoms with Gasteiger partial charge >= 0.3 is 0 Å². The molecule has 0 radical (unpaired) electrons. The summed E-state index contributed by atoms with van der Waals surface area (Å²) in [5, 5.41) is 8.66. The molecule has 0 unspecified atom stereocenters. The lowest BCUT2D eigenvalue weighted by atomic mass is 9.98. The van der Waals surface area contributed by atoms with E-state index in [1.165, 1.54) is 24.3 Å². The molecule has 0 aromatic heterocycles. The molecule has 0 spiro atoms. The quantitative estimate of drug-likeness (QED) is 0.729. The average molecular weight is 386 g/mol.